The average molecular weight is 459 g/mol. The highest BCUT2D eigenvalue weighted by atomic mass is 32.2. The Kier molecular flexibility index (Phi) is 5.98. The Morgan fingerprint density at radius 2 is 1.90 bits per heavy atom. The molecular formula is C19H24F3N5O3S. The highest BCUT2D eigenvalue weighted by Gasteiger charge is 2.52. The lowest BCUT2D eigenvalue weighted by molar-refractivity contribution is -0.137. The van der Waals surface area contributed by atoms with Crippen molar-refractivity contribution in [2.24, 2.45) is 11.1 Å². The van der Waals surface area contributed by atoms with Crippen molar-refractivity contribution >= 4 is 21.8 Å². The van der Waals surface area contributed by atoms with Crippen molar-refractivity contribution in [1.82, 2.24) is 8.61 Å². The molecule has 1 spiro atoms. The predicted octanol–water partition coefficient (Wildman–Crippen LogP) is 1.53. The molecule has 170 valence electrons. The van der Waals surface area contributed by atoms with E-state index in [1.54, 1.807) is 11.0 Å². The van der Waals surface area contributed by atoms with E-state index in [-0.39, 0.29) is 13.0 Å². The molecule has 3 rings (SSSR count). The molecule has 1 aromatic rings. The fourth-order valence-corrected chi connectivity index (χ4v) is 5.73. The van der Waals surface area contributed by atoms with Crippen LogP contribution in [0.5, 0.6) is 0 Å². The SMILES string of the molecule is CN(C)S(=O)(=O)N1CC2(CCN(c3ccc(C#N)c(C(F)(F)F)c3)CC2)CC1C(N)=O. The molecule has 12 heteroatoms. The van der Waals surface area contributed by atoms with Crippen LogP contribution in [0.2, 0.25) is 0 Å². The van der Waals surface area contributed by atoms with Crippen molar-refractivity contribution in [1.29, 1.82) is 5.26 Å². The monoisotopic (exact) mass is 459 g/mol. The number of rotatable bonds is 4. The van der Waals surface area contributed by atoms with E-state index in [0.717, 1.165) is 20.7 Å². The van der Waals surface area contributed by atoms with E-state index >= 15 is 0 Å². The summed E-state index contributed by atoms with van der Waals surface area (Å²) in [6.45, 7) is 0.922. The second kappa shape index (κ2) is 7.96. The van der Waals surface area contributed by atoms with E-state index in [1.807, 2.05) is 0 Å². The lowest BCUT2D eigenvalue weighted by Crippen LogP contribution is -2.48. The summed E-state index contributed by atoms with van der Waals surface area (Å²) in [4.78, 5) is 13.7. The van der Waals surface area contributed by atoms with E-state index in [9.17, 15) is 26.4 Å². The van der Waals surface area contributed by atoms with E-state index in [0.29, 0.717) is 31.6 Å². The predicted molar refractivity (Wildman–Crippen MR) is 107 cm³/mol. The van der Waals surface area contributed by atoms with Crippen molar-refractivity contribution < 1.29 is 26.4 Å². The van der Waals surface area contributed by atoms with Crippen LogP contribution in [-0.2, 0) is 21.2 Å². The summed E-state index contributed by atoms with van der Waals surface area (Å²) in [5.74, 6) is -0.716. The molecule has 2 saturated heterocycles. The van der Waals surface area contributed by atoms with Crippen LogP contribution in [0.15, 0.2) is 18.2 Å². The normalized spacial score (nSPS) is 22.1. The highest BCUT2D eigenvalue weighted by Crippen LogP contribution is 2.45. The molecule has 1 amide bonds. The van der Waals surface area contributed by atoms with Gasteiger partial charge >= 0.3 is 6.18 Å². The minimum atomic E-state index is -4.64. The molecular weight excluding hydrogens is 435 g/mol. The Labute approximate surface area is 179 Å². The van der Waals surface area contributed by atoms with Gasteiger partial charge in [0.15, 0.2) is 0 Å². The van der Waals surface area contributed by atoms with E-state index in [2.05, 4.69) is 0 Å². The topological polar surface area (TPSA) is 111 Å². The third kappa shape index (κ3) is 4.35. The Bertz CT molecular complexity index is 1010. The zero-order valence-electron chi connectivity index (χ0n) is 17.2. The first-order valence-electron chi connectivity index (χ1n) is 9.66. The number of primary amides is 1. The van der Waals surface area contributed by atoms with Crippen molar-refractivity contribution in [3.8, 4) is 6.07 Å². The van der Waals surface area contributed by atoms with Gasteiger partial charge < -0.3 is 10.6 Å². The number of nitrogens with two attached hydrogens (primary N) is 1. The van der Waals surface area contributed by atoms with E-state index in [1.165, 1.54) is 20.2 Å². The van der Waals surface area contributed by atoms with Crippen LogP contribution in [0, 0.1) is 16.7 Å². The molecule has 2 fully saturated rings. The third-order valence-corrected chi connectivity index (χ3v) is 8.07. The van der Waals surface area contributed by atoms with Crippen molar-refractivity contribution in [3.63, 3.8) is 0 Å². The Morgan fingerprint density at radius 3 is 2.39 bits per heavy atom. The van der Waals surface area contributed by atoms with Gasteiger partial charge in [-0.3, -0.25) is 4.79 Å². The van der Waals surface area contributed by atoms with Gasteiger partial charge in [0.2, 0.25) is 5.91 Å². The molecule has 2 aliphatic heterocycles. The number of amides is 1. The fraction of sp³-hybridized carbons (Fsp3) is 0.579. The maximum absolute atomic E-state index is 13.3. The van der Waals surface area contributed by atoms with Crippen LogP contribution < -0.4 is 10.6 Å². The van der Waals surface area contributed by atoms with Crippen LogP contribution in [0.4, 0.5) is 18.9 Å². The number of nitriles is 1. The standard InChI is InChI=1S/C19H24F3N5O3S/c1-25(2)31(29,30)27-12-18(10-16(27)17(24)28)5-7-26(8-6-18)14-4-3-13(11-23)15(9-14)19(20,21)22/h3-4,9,16H,5-8,10,12H2,1-2H3,(H2,24,28). The number of hydrogen-bond acceptors (Lipinski definition) is 5. The Hall–Kier alpha value is -2.36. The van der Waals surface area contributed by atoms with Crippen molar-refractivity contribution in [2.45, 2.75) is 31.5 Å². The van der Waals surface area contributed by atoms with Gasteiger partial charge in [-0.05, 0) is 42.9 Å². The molecule has 0 bridgehead atoms. The Morgan fingerprint density at radius 1 is 1.29 bits per heavy atom. The molecule has 2 N–H and O–H groups in total. The summed E-state index contributed by atoms with van der Waals surface area (Å²) in [7, 11) is -1.09. The largest absolute Gasteiger partial charge is 0.417 e. The number of halogens is 3. The number of alkyl halides is 3. The number of carbonyl (C=O) groups is 1. The van der Waals surface area contributed by atoms with Gasteiger partial charge in [-0.25, -0.2) is 0 Å². The molecule has 0 aliphatic carbocycles. The van der Waals surface area contributed by atoms with Crippen LogP contribution in [0.1, 0.15) is 30.4 Å². The number of nitrogens with zero attached hydrogens (tertiary/aromatic N) is 4. The maximum Gasteiger partial charge on any atom is 0.417 e. The molecule has 0 radical (unpaired) electrons. The van der Waals surface area contributed by atoms with E-state index in [4.69, 9.17) is 11.0 Å². The first-order valence-corrected chi connectivity index (χ1v) is 11.1. The minimum absolute atomic E-state index is 0.135. The maximum atomic E-state index is 13.3. The van der Waals surface area contributed by atoms with Crippen molar-refractivity contribution in [3.05, 3.63) is 29.3 Å². The molecule has 1 unspecified atom stereocenters. The van der Waals surface area contributed by atoms with Gasteiger partial charge in [0.05, 0.1) is 17.2 Å². The molecule has 2 aliphatic rings. The van der Waals surface area contributed by atoms with Crippen molar-refractivity contribution in [2.75, 3.05) is 38.6 Å². The molecule has 1 atom stereocenters. The molecule has 0 saturated carbocycles. The Balaban J connectivity index is 1.81. The summed E-state index contributed by atoms with van der Waals surface area (Å²) >= 11 is 0. The molecule has 2 heterocycles. The summed E-state index contributed by atoms with van der Waals surface area (Å²) in [6, 6.07) is 4.23. The van der Waals surface area contributed by atoms with Crippen LogP contribution in [0.25, 0.3) is 0 Å². The molecule has 31 heavy (non-hydrogen) atoms. The molecule has 8 nitrogen and oxygen atoms in total. The fourth-order valence-electron chi connectivity index (χ4n) is 4.37. The summed E-state index contributed by atoms with van der Waals surface area (Å²) < 4.78 is 67.3. The number of anilines is 1. The minimum Gasteiger partial charge on any atom is -0.371 e. The second-order valence-electron chi connectivity index (χ2n) is 8.28. The number of piperidine rings is 1. The molecule has 0 aromatic heterocycles. The highest BCUT2D eigenvalue weighted by molar-refractivity contribution is 7.86. The van der Waals surface area contributed by atoms with Gasteiger partial charge in [0.1, 0.15) is 6.04 Å². The molecule has 1 aromatic carbocycles. The zero-order valence-corrected chi connectivity index (χ0v) is 18.0. The van der Waals surface area contributed by atoms with Gasteiger partial charge in [0.25, 0.3) is 10.2 Å². The van der Waals surface area contributed by atoms with Gasteiger partial charge in [-0.2, -0.15) is 35.5 Å². The second-order valence-corrected chi connectivity index (χ2v) is 10.4. The van der Waals surface area contributed by atoms with Gasteiger partial charge in [-0.1, -0.05) is 0 Å². The third-order valence-electron chi connectivity index (χ3n) is 6.17. The lowest BCUT2D eigenvalue weighted by Gasteiger charge is -2.40. The first-order chi connectivity index (χ1) is 14.3. The van der Waals surface area contributed by atoms with Crippen LogP contribution in [-0.4, -0.2) is 62.7 Å². The number of benzene rings is 1. The van der Waals surface area contributed by atoms with Gasteiger partial charge in [0, 0.05) is 39.4 Å². The first kappa shape index (κ1) is 23.3. The smallest absolute Gasteiger partial charge is 0.371 e. The number of carbonyl (C=O) groups excluding carboxylic acids is 1. The van der Waals surface area contributed by atoms with E-state index < -0.39 is 44.9 Å². The van der Waals surface area contributed by atoms with Gasteiger partial charge in [-0.15, -0.1) is 0 Å². The van der Waals surface area contributed by atoms with Crippen LogP contribution in [0.3, 0.4) is 0 Å². The van der Waals surface area contributed by atoms with Crippen LogP contribution >= 0.6 is 0 Å². The summed E-state index contributed by atoms with van der Waals surface area (Å²) in [6.07, 6.45) is -3.36. The summed E-state index contributed by atoms with van der Waals surface area (Å²) in [5.41, 5.74) is 3.93. The lowest BCUT2D eigenvalue weighted by atomic mass is 9.76. The zero-order chi connectivity index (χ0) is 23.2. The quantitative estimate of drug-likeness (QED) is 0.734. The average Bonchev–Trinajstić information content (AvgIpc) is 3.07. The summed E-state index contributed by atoms with van der Waals surface area (Å²) in [5, 5.41) is 8.96. The number of hydrogen-bond donors (Lipinski definition) is 1.